The fraction of sp³-hybridized carbons (Fsp3) is 0.440. The Morgan fingerprint density at radius 2 is 1.71 bits per heavy atom. The minimum atomic E-state index is -0.103. The molecule has 1 fully saturated rings. The van der Waals surface area contributed by atoms with E-state index in [1.54, 1.807) is 16.7 Å². The number of fused-ring (bicyclic) bond motifs is 1. The van der Waals surface area contributed by atoms with E-state index in [9.17, 15) is 4.79 Å². The highest BCUT2D eigenvalue weighted by Crippen LogP contribution is 2.31. The molecule has 4 rings (SSSR count). The minimum Gasteiger partial charge on any atom is -0.490 e. The molecular formula is C25H31ClN4O3S. The van der Waals surface area contributed by atoms with Crippen molar-refractivity contribution >= 4 is 40.4 Å². The van der Waals surface area contributed by atoms with Crippen LogP contribution < -0.4 is 19.9 Å². The second-order valence-electron chi connectivity index (χ2n) is 8.26. The highest BCUT2D eigenvalue weighted by Gasteiger charge is 2.18. The van der Waals surface area contributed by atoms with Crippen LogP contribution in [0.4, 0.5) is 5.69 Å². The van der Waals surface area contributed by atoms with Crippen LogP contribution in [-0.2, 0) is 6.54 Å². The summed E-state index contributed by atoms with van der Waals surface area (Å²) in [4.78, 5) is 21.2. The number of aromatic nitrogens is 2. The summed E-state index contributed by atoms with van der Waals surface area (Å²) >= 11 is 11.7. The van der Waals surface area contributed by atoms with Gasteiger partial charge in [-0.05, 0) is 63.3 Å². The van der Waals surface area contributed by atoms with Gasteiger partial charge in [-0.1, -0.05) is 17.7 Å². The van der Waals surface area contributed by atoms with Gasteiger partial charge in [-0.3, -0.25) is 14.3 Å². The molecule has 182 valence electrons. The number of aromatic amines is 1. The molecule has 2 aromatic carbocycles. The third-order valence-corrected chi connectivity index (χ3v) is 6.61. The first-order valence-corrected chi connectivity index (χ1v) is 12.6. The highest BCUT2D eigenvalue weighted by molar-refractivity contribution is 7.71. The van der Waals surface area contributed by atoms with Crippen molar-refractivity contribution in [1.29, 1.82) is 0 Å². The van der Waals surface area contributed by atoms with E-state index < -0.39 is 0 Å². The molecule has 0 bridgehead atoms. The number of hydrogen-bond donors (Lipinski definition) is 1. The molecule has 3 aromatic rings. The predicted octanol–water partition coefficient (Wildman–Crippen LogP) is 4.72. The molecule has 34 heavy (non-hydrogen) atoms. The second kappa shape index (κ2) is 11.3. The lowest BCUT2D eigenvalue weighted by Crippen LogP contribution is -2.46. The summed E-state index contributed by atoms with van der Waals surface area (Å²) in [5, 5.41) is 1.32. The fourth-order valence-corrected chi connectivity index (χ4v) is 4.82. The first-order chi connectivity index (χ1) is 16.5. The summed E-state index contributed by atoms with van der Waals surface area (Å²) in [6.45, 7) is 10.2. The van der Waals surface area contributed by atoms with Crippen molar-refractivity contribution in [2.75, 3.05) is 50.8 Å². The van der Waals surface area contributed by atoms with Crippen molar-refractivity contribution in [3.63, 3.8) is 0 Å². The Morgan fingerprint density at radius 3 is 2.38 bits per heavy atom. The van der Waals surface area contributed by atoms with E-state index >= 15 is 0 Å². The van der Waals surface area contributed by atoms with E-state index in [4.69, 9.17) is 33.3 Å². The second-order valence-corrected chi connectivity index (χ2v) is 9.08. The smallest absolute Gasteiger partial charge is 0.262 e. The van der Waals surface area contributed by atoms with Crippen LogP contribution in [0.5, 0.6) is 11.5 Å². The molecule has 0 amide bonds. The predicted molar refractivity (Wildman–Crippen MR) is 140 cm³/mol. The number of nitrogens with zero attached hydrogens (tertiary/aromatic N) is 3. The van der Waals surface area contributed by atoms with Crippen molar-refractivity contribution in [2.24, 2.45) is 0 Å². The number of nitrogens with one attached hydrogen (secondary N) is 1. The summed E-state index contributed by atoms with van der Waals surface area (Å²) < 4.78 is 13.5. The summed E-state index contributed by atoms with van der Waals surface area (Å²) in [7, 11) is 0. The first kappa shape index (κ1) is 24.6. The number of anilines is 1. The Kier molecular flexibility index (Phi) is 8.13. The van der Waals surface area contributed by atoms with Crippen molar-refractivity contribution < 1.29 is 9.47 Å². The van der Waals surface area contributed by atoms with Gasteiger partial charge >= 0.3 is 0 Å². The topological polar surface area (TPSA) is 62.7 Å². The largest absolute Gasteiger partial charge is 0.490 e. The molecule has 0 radical (unpaired) electrons. The van der Waals surface area contributed by atoms with Gasteiger partial charge in [-0.2, -0.15) is 0 Å². The number of rotatable bonds is 9. The van der Waals surface area contributed by atoms with E-state index in [0.717, 1.165) is 44.2 Å². The van der Waals surface area contributed by atoms with Gasteiger partial charge in [-0.25, -0.2) is 0 Å². The Morgan fingerprint density at radius 1 is 1.00 bits per heavy atom. The maximum absolute atomic E-state index is 13.2. The third-order valence-electron chi connectivity index (χ3n) is 6.05. The van der Waals surface area contributed by atoms with E-state index in [1.807, 2.05) is 32.0 Å². The van der Waals surface area contributed by atoms with E-state index in [1.165, 1.54) is 5.69 Å². The van der Waals surface area contributed by atoms with Gasteiger partial charge in [0.25, 0.3) is 5.56 Å². The molecule has 1 aromatic heterocycles. The number of H-pyrrole nitrogens is 1. The van der Waals surface area contributed by atoms with Crippen molar-refractivity contribution in [1.82, 2.24) is 14.5 Å². The maximum atomic E-state index is 13.2. The fourth-order valence-electron chi connectivity index (χ4n) is 4.36. The van der Waals surface area contributed by atoms with E-state index in [0.29, 0.717) is 46.9 Å². The zero-order valence-corrected chi connectivity index (χ0v) is 21.3. The molecule has 7 nitrogen and oxygen atoms in total. The monoisotopic (exact) mass is 502 g/mol. The molecule has 0 aliphatic carbocycles. The maximum Gasteiger partial charge on any atom is 0.262 e. The van der Waals surface area contributed by atoms with Crippen molar-refractivity contribution in [2.45, 2.75) is 26.8 Å². The third kappa shape index (κ3) is 5.56. The van der Waals surface area contributed by atoms with Gasteiger partial charge < -0.3 is 19.4 Å². The van der Waals surface area contributed by atoms with Crippen LogP contribution in [0.25, 0.3) is 10.9 Å². The lowest BCUT2D eigenvalue weighted by molar-refractivity contribution is 0.250. The van der Waals surface area contributed by atoms with Crippen LogP contribution in [0.2, 0.25) is 5.02 Å². The van der Waals surface area contributed by atoms with Gasteiger partial charge in [-0.15, -0.1) is 0 Å². The number of halogens is 1. The Labute approximate surface area is 209 Å². The molecule has 0 atom stereocenters. The number of benzene rings is 2. The van der Waals surface area contributed by atoms with Gasteiger partial charge in [0.2, 0.25) is 0 Å². The number of ether oxygens (including phenoxy) is 2. The Hall–Kier alpha value is -2.55. The average molecular weight is 503 g/mol. The SMILES string of the molecule is CCOc1cc2[nH]c(=S)n(CCCN3CCN(c4cccc(Cl)c4)CC3)c(=O)c2cc1OCC. The Balaban J connectivity index is 1.41. The van der Waals surface area contributed by atoms with Crippen molar-refractivity contribution in [3.8, 4) is 11.5 Å². The molecule has 1 aliphatic heterocycles. The van der Waals surface area contributed by atoms with Crippen molar-refractivity contribution in [3.05, 3.63) is 56.5 Å². The molecule has 0 unspecified atom stereocenters. The van der Waals surface area contributed by atoms with Gasteiger partial charge in [0, 0.05) is 49.5 Å². The summed E-state index contributed by atoms with van der Waals surface area (Å²) in [6.07, 6.45) is 0.843. The average Bonchev–Trinajstić information content (AvgIpc) is 2.83. The summed E-state index contributed by atoms with van der Waals surface area (Å²) in [6, 6.07) is 11.6. The summed E-state index contributed by atoms with van der Waals surface area (Å²) in [5.41, 5.74) is 1.73. The van der Waals surface area contributed by atoms with Crippen LogP contribution in [0.1, 0.15) is 20.3 Å². The molecule has 0 saturated carbocycles. The lowest BCUT2D eigenvalue weighted by atomic mass is 10.2. The zero-order chi connectivity index (χ0) is 24.1. The van der Waals surface area contributed by atoms with Crippen LogP contribution >= 0.6 is 23.8 Å². The molecule has 0 spiro atoms. The standard InChI is InChI=1S/C25H31ClN4O3S/c1-3-32-22-16-20-21(17-23(22)33-4-2)27-25(34)30(24(20)31)10-6-9-28-11-13-29(14-12-28)19-8-5-7-18(26)15-19/h5,7-8,15-17H,3-4,6,9-14H2,1-2H3,(H,27,34). The zero-order valence-electron chi connectivity index (χ0n) is 19.7. The first-order valence-electron chi connectivity index (χ1n) is 11.8. The molecule has 2 heterocycles. The quantitative estimate of drug-likeness (QED) is 0.427. The highest BCUT2D eigenvalue weighted by atomic mass is 35.5. The molecule has 1 saturated heterocycles. The van der Waals surface area contributed by atoms with Crippen LogP contribution in [-0.4, -0.2) is 60.4 Å². The van der Waals surface area contributed by atoms with Gasteiger partial charge in [0.05, 0.1) is 24.1 Å². The van der Waals surface area contributed by atoms with E-state index in [2.05, 4.69) is 20.9 Å². The molecule has 1 aliphatic rings. The molecule has 9 heteroatoms. The minimum absolute atomic E-state index is 0.103. The normalized spacial score (nSPS) is 14.5. The number of hydrogen-bond acceptors (Lipinski definition) is 6. The lowest BCUT2D eigenvalue weighted by Gasteiger charge is -2.36. The molecular weight excluding hydrogens is 472 g/mol. The van der Waals surface area contributed by atoms with Crippen LogP contribution in [0.3, 0.4) is 0 Å². The number of piperazine rings is 1. The van der Waals surface area contributed by atoms with Crippen LogP contribution in [0.15, 0.2) is 41.2 Å². The molecule has 1 N–H and O–H groups in total. The summed E-state index contributed by atoms with van der Waals surface area (Å²) in [5.74, 6) is 1.18. The van der Waals surface area contributed by atoms with E-state index in [-0.39, 0.29) is 5.56 Å². The van der Waals surface area contributed by atoms with Crippen LogP contribution in [0, 0.1) is 4.77 Å². The van der Waals surface area contributed by atoms with Gasteiger partial charge in [0.15, 0.2) is 16.3 Å². The Bertz CT molecular complexity index is 1250. The van der Waals surface area contributed by atoms with Gasteiger partial charge in [0.1, 0.15) is 0 Å².